The van der Waals surface area contributed by atoms with Gasteiger partial charge in [0.05, 0.1) is 10.8 Å². The number of hydrogen-bond donors (Lipinski definition) is 2. The molecule has 1 amide bonds. The van der Waals surface area contributed by atoms with E-state index in [-0.39, 0.29) is 21.8 Å². The lowest BCUT2D eigenvalue weighted by Crippen LogP contribution is -2.36. The molecule has 6 nitrogen and oxygen atoms in total. The molecule has 0 aliphatic heterocycles. The van der Waals surface area contributed by atoms with Crippen molar-refractivity contribution < 1.29 is 13.2 Å². The van der Waals surface area contributed by atoms with Crippen LogP contribution in [0.3, 0.4) is 0 Å². The van der Waals surface area contributed by atoms with Crippen molar-refractivity contribution in [3.63, 3.8) is 0 Å². The summed E-state index contributed by atoms with van der Waals surface area (Å²) in [7, 11) is -3.54. The van der Waals surface area contributed by atoms with Gasteiger partial charge in [-0.1, -0.05) is 52.0 Å². The van der Waals surface area contributed by atoms with E-state index in [1.807, 2.05) is 32.9 Å². The topological polar surface area (TPSA) is 78.5 Å². The summed E-state index contributed by atoms with van der Waals surface area (Å²) in [4.78, 5) is 12.9. The van der Waals surface area contributed by atoms with Crippen LogP contribution in [0.2, 0.25) is 0 Å². The van der Waals surface area contributed by atoms with Crippen molar-refractivity contribution in [2.24, 2.45) is 5.92 Å². The Bertz CT molecular complexity index is 1040. The van der Waals surface area contributed by atoms with Crippen LogP contribution in [-0.4, -0.2) is 36.8 Å². The number of carbonyl (C=O) groups is 1. The van der Waals surface area contributed by atoms with Gasteiger partial charge in [-0.05, 0) is 79.7 Å². The lowest BCUT2D eigenvalue weighted by Gasteiger charge is -2.21. The molecule has 0 saturated heterocycles. The van der Waals surface area contributed by atoms with E-state index in [1.54, 1.807) is 24.3 Å². The number of rotatable bonds is 11. The minimum atomic E-state index is -3.54. The Morgan fingerprint density at radius 2 is 1.50 bits per heavy atom. The molecule has 0 heterocycles. The molecule has 0 aliphatic carbocycles. The number of amides is 1. The third-order valence-electron chi connectivity index (χ3n) is 5.45. The smallest absolute Gasteiger partial charge is 0.243 e. The van der Waals surface area contributed by atoms with E-state index in [0.717, 1.165) is 24.8 Å². The molecule has 2 rings (SSSR count). The van der Waals surface area contributed by atoms with Crippen LogP contribution in [-0.2, 0) is 21.2 Å². The van der Waals surface area contributed by atoms with Gasteiger partial charge < -0.3 is 10.6 Å². The molecule has 34 heavy (non-hydrogen) atoms. The van der Waals surface area contributed by atoms with E-state index in [2.05, 4.69) is 36.6 Å². The van der Waals surface area contributed by atoms with Crippen molar-refractivity contribution in [2.45, 2.75) is 64.7 Å². The fraction of sp³-hybridized carbons (Fsp3) is 0.462. The highest BCUT2D eigenvalue weighted by atomic mass is 32.2. The summed E-state index contributed by atoms with van der Waals surface area (Å²) in [5.41, 5.74) is 2.78. The first-order valence-electron chi connectivity index (χ1n) is 11.9. The molecule has 1 unspecified atom stereocenters. The molecule has 2 aromatic rings. The number of benzene rings is 2. The molecule has 0 bridgehead atoms. The van der Waals surface area contributed by atoms with E-state index in [4.69, 9.17) is 12.2 Å². The van der Waals surface area contributed by atoms with Crippen LogP contribution < -0.4 is 10.6 Å². The van der Waals surface area contributed by atoms with Crippen LogP contribution >= 0.6 is 12.2 Å². The predicted octanol–water partition coefficient (Wildman–Crippen LogP) is 5.31. The Kier molecular flexibility index (Phi) is 10.7. The van der Waals surface area contributed by atoms with Gasteiger partial charge >= 0.3 is 0 Å². The van der Waals surface area contributed by atoms with Gasteiger partial charge in [0.1, 0.15) is 0 Å². The highest BCUT2D eigenvalue weighted by Gasteiger charge is 2.23. The van der Waals surface area contributed by atoms with Crippen molar-refractivity contribution >= 4 is 38.9 Å². The van der Waals surface area contributed by atoms with Crippen LogP contribution in [0.5, 0.6) is 0 Å². The van der Waals surface area contributed by atoms with E-state index >= 15 is 0 Å². The summed E-state index contributed by atoms with van der Waals surface area (Å²) in [6, 6.07) is 14.5. The molecule has 0 aromatic heterocycles. The average Bonchev–Trinajstić information content (AvgIpc) is 2.78. The number of sulfonamides is 1. The Labute approximate surface area is 210 Å². The largest absolute Gasteiger partial charge is 0.332 e. The lowest BCUT2D eigenvalue weighted by atomic mass is 9.96. The summed E-state index contributed by atoms with van der Waals surface area (Å²) >= 11 is 5.30. The fourth-order valence-electron chi connectivity index (χ4n) is 3.66. The maximum absolute atomic E-state index is 12.9. The number of hydrogen-bond acceptors (Lipinski definition) is 4. The normalized spacial score (nSPS) is 12.6. The zero-order valence-corrected chi connectivity index (χ0v) is 22.4. The maximum Gasteiger partial charge on any atom is 0.243 e. The molecular formula is C26H37N3O3S2. The first kappa shape index (κ1) is 28.0. The third kappa shape index (κ3) is 7.89. The molecule has 0 radical (unpaired) electrons. The summed E-state index contributed by atoms with van der Waals surface area (Å²) in [6.07, 6.45) is 2.52. The van der Waals surface area contributed by atoms with Gasteiger partial charge in [-0.3, -0.25) is 4.79 Å². The minimum Gasteiger partial charge on any atom is -0.332 e. The maximum atomic E-state index is 12.9. The number of thiocarbonyl (C=S) groups is 1. The lowest BCUT2D eigenvalue weighted by molar-refractivity contribution is -0.120. The zero-order chi connectivity index (χ0) is 25.3. The monoisotopic (exact) mass is 503 g/mol. The fourth-order valence-corrected chi connectivity index (χ4v) is 5.50. The average molecular weight is 504 g/mol. The van der Waals surface area contributed by atoms with E-state index in [0.29, 0.717) is 24.7 Å². The van der Waals surface area contributed by atoms with Crippen LogP contribution in [0.1, 0.15) is 64.5 Å². The van der Waals surface area contributed by atoms with Gasteiger partial charge in [0.15, 0.2) is 5.11 Å². The molecule has 2 aromatic carbocycles. The predicted molar refractivity (Wildman–Crippen MR) is 144 cm³/mol. The number of anilines is 1. The van der Waals surface area contributed by atoms with Crippen LogP contribution in [0.4, 0.5) is 5.69 Å². The van der Waals surface area contributed by atoms with Gasteiger partial charge in [-0.2, -0.15) is 4.31 Å². The Morgan fingerprint density at radius 1 is 0.941 bits per heavy atom. The summed E-state index contributed by atoms with van der Waals surface area (Å²) < 4.78 is 27.3. The third-order valence-corrected chi connectivity index (χ3v) is 7.57. The number of nitrogens with zero attached hydrogens (tertiary/aromatic N) is 1. The second kappa shape index (κ2) is 13.0. The first-order chi connectivity index (χ1) is 16.1. The Morgan fingerprint density at radius 3 is 2.00 bits per heavy atom. The second-order valence-corrected chi connectivity index (χ2v) is 11.3. The molecule has 8 heteroatoms. The van der Waals surface area contributed by atoms with Crippen molar-refractivity contribution in [3.05, 3.63) is 59.7 Å². The summed E-state index contributed by atoms with van der Waals surface area (Å²) in [5.74, 6) is 0.0161. The summed E-state index contributed by atoms with van der Waals surface area (Å²) in [5, 5.41) is 5.85. The van der Waals surface area contributed by atoms with Gasteiger partial charge in [0, 0.05) is 18.8 Å². The minimum absolute atomic E-state index is 0.169. The van der Waals surface area contributed by atoms with Crippen LogP contribution in [0, 0.1) is 5.92 Å². The molecule has 2 N–H and O–H groups in total. The standard InChI is InChI=1S/C26H37N3O3S2/c1-6-16-29(17-7-2)34(31,32)24-14-12-23(13-15-24)27-26(33)28-25(30)20(5)22-10-8-21(9-11-22)18-19(3)4/h8-15,19-20H,6-7,16-18H2,1-5H3,(H2,27,28,30,33). The molecule has 0 fully saturated rings. The number of carbonyl (C=O) groups excluding carboxylic acids is 1. The van der Waals surface area contributed by atoms with Crippen LogP contribution in [0.25, 0.3) is 0 Å². The molecule has 0 saturated carbocycles. The van der Waals surface area contributed by atoms with E-state index in [1.165, 1.54) is 9.87 Å². The molecule has 0 spiro atoms. The van der Waals surface area contributed by atoms with Gasteiger partial charge in [-0.15, -0.1) is 0 Å². The Hall–Kier alpha value is -2.29. The Balaban J connectivity index is 1.98. The molecule has 1 atom stereocenters. The van der Waals surface area contributed by atoms with Crippen molar-refractivity contribution in [2.75, 3.05) is 18.4 Å². The quantitative estimate of drug-likeness (QED) is 0.406. The SMILES string of the molecule is CCCN(CCC)S(=O)(=O)c1ccc(NC(=S)NC(=O)C(C)c2ccc(CC(C)C)cc2)cc1. The number of nitrogens with one attached hydrogen (secondary N) is 2. The molecule has 0 aliphatic rings. The highest BCUT2D eigenvalue weighted by molar-refractivity contribution is 7.89. The highest BCUT2D eigenvalue weighted by Crippen LogP contribution is 2.20. The van der Waals surface area contributed by atoms with Crippen molar-refractivity contribution in [1.29, 1.82) is 0 Å². The molecule has 186 valence electrons. The zero-order valence-electron chi connectivity index (χ0n) is 20.8. The van der Waals surface area contributed by atoms with Crippen LogP contribution in [0.15, 0.2) is 53.4 Å². The van der Waals surface area contributed by atoms with Crippen molar-refractivity contribution in [3.8, 4) is 0 Å². The summed E-state index contributed by atoms with van der Waals surface area (Å²) in [6.45, 7) is 11.1. The van der Waals surface area contributed by atoms with Gasteiger partial charge in [-0.25, -0.2) is 8.42 Å². The first-order valence-corrected chi connectivity index (χ1v) is 13.7. The molecular weight excluding hydrogens is 466 g/mol. The van der Waals surface area contributed by atoms with Crippen molar-refractivity contribution in [1.82, 2.24) is 9.62 Å². The second-order valence-electron chi connectivity index (χ2n) is 8.93. The van der Waals surface area contributed by atoms with E-state index in [9.17, 15) is 13.2 Å². The van der Waals surface area contributed by atoms with Gasteiger partial charge in [0.2, 0.25) is 15.9 Å². The van der Waals surface area contributed by atoms with Gasteiger partial charge in [0.25, 0.3) is 0 Å². The van der Waals surface area contributed by atoms with E-state index < -0.39 is 10.0 Å².